The molecule has 1 amide bonds. The summed E-state index contributed by atoms with van der Waals surface area (Å²) in [5.41, 5.74) is 1.23. The number of halogens is 1. The number of hydrogen-bond acceptors (Lipinski definition) is 4. The van der Waals surface area contributed by atoms with Crippen LogP contribution in [-0.4, -0.2) is 23.7 Å². The predicted molar refractivity (Wildman–Crippen MR) is 124 cm³/mol. The van der Waals surface area contributed by atoms with E-state index in [0.717, 1.165) is 0 Å². The van der Waals surface area contributed by atoms with Gasteiger partial charge < -0.3 is 10.1 Å². The molecule has 3 aromatic rings. The molecule has 6 heteroatoms. The number of nitrogens with one attached hydrogen (secondary N) is 1. The summed E-state index contributed by atoms with van der Waals surface area (Å²) >= 11 is 6.11. The number of benzene rings is 3. The lowest BCUT2D eigenvalue weighted by Crippen LogP contribution is -2.46. The molecule has 0 bridgehead atoms. The second-order valence-electron chi connectivity index (χ2n) is 7.63. The second kappa shape index (κ2) is 10.7. The molecule has 5 nitrogen and oxygen atoms in total. The summed E-state index contributed by atoms with van der Waals surface area (Å²) in [6.45, 7) is 3.57. The number of ketones is 1. The minimum absolute atomic E-state index is 0.257. The Morgan fingerprint density at radius 1 is 0.812 bits per heavy atom. The molecular formula is C26H24ClNO4. The van der Waals surface area contributed by atoms with Gasteiger partial charge in [0.15, 0.2) is 6.10 Å². The zero-order valence-electron chi connectivity index (χ0n) is 17.8. The van der Waals surface area contributed by atoms with E-state index in [9.17, 15) is 14.4 Å². The molecule has 32 heavy (non-hydrogen) atoms. The SMILES string of the molecule is CC(C)[C@@H](NC(=O)c1ccccc1Cl)C(=O)O[C@H](C(=O)c1ccccc1)c1ccccc1. The molecule has 0 saturated heterocycles. The maximum absolute atomic E-state index is 13.2. The molecule has 0 spiro atoms. The molecule has 0 aliphatic carbocycles. The normalized spacial score (nSPS) is 12.6. The summed E-state index contributed by atoms with van der Waals surface area (Å²) in [5, 5.41) is 2.98. The number of esters is 1. The summed E-state index contributed by atoms with van der Waals surface area (Å²) in [6.07, 6.45) is -1.13. The molecule has 3 rings (SSSR count). The molecule has 0 unspecified atom stereocenters. The zero-order valence-corrected chi connectivity index (χ0v) is 18.6. The summed E-state index contributed by atoms with van der Waals surface area (Å²) < 4.78 is 5.71. The second-order valence-corrected chi connectivity index (χ2v) is 8.04. The summed E-state index contributed by atoms with van der Waals surface area (Å²) in [4.78, 5) is 39.0. The highest BCUT2D eigenvalue weighted by molar-refractivity contribution is 6.33. The van der Waals surface area contributed by atoms with Crippen molar-refractivity contribution >= 4 is 29.3 Å². The lowest BCUT2D eigenvalue weighted by Gasteiger charge is -2.24. The van der Waals surface area contributed by atoms with E-state index in [4.69, 9.17) is 16.3 Å². The number of amides is 1. The van der Waals surface area contributed by atoms with Gasteiger partial charge in [0.25, 0.3) is 5.91 Å². The van der Waals surface area contributed by atoms with Crippen molar-refractivity contribution in [3.05, 3.63) is 107 Å². The van der Waals surface area contributed by atoms with Crippen LogP contribution in [0.4, 0.5) is 0 Å². The van der Waals surface area contributed by atoms with Crippen LogP contribution in [0, 0.1) is 5.92 Å². The quantitative estimate of drug-likeness (QED) is 0.376. The minimum atomic E-state index is -1.13. The van der Waals surface area contributed by atoms with Gasteiger partial charge in [-0.05, 0) is 18.1 Å². The van der Waals surface area contributed by atoms with Gasteiger partial charge >= 0.3 is 5.97 Å². The van der Waals surface area contributed by atoms with E-state index >= 15 is 0 Å². The Labute approximate surface area is 192 Å². The molecule has 0 aliphatic rings. The first-order valence-electron chi connectivity index (χ1n) is 10.3. The standard InChI is InChI=1S/C26H24ClNO4/c1-17(2)22(28-25(30)20-15-9-10-16-21(20)27)26(31)32-24(19-13-7-4-8-14-19)23(29)18-11-5-3-6-12-18/h3-17,22,24H,1-2H3,(H,28,30)/t22-,24+/m1/s1. The van der Waals surface area contributed by atoms with E-state index in [1.165, 1.54) is 0 Å². The average molecular weight is 450 g/mol. The van der Waals surface area contributed by atoms with Crippen molar-refractivity contribution in [3.63, 3.8) is 0 Å². The molecule has 3 aromatic carbocycles. The predicted octanol–water partition coefficient (Wildman–Crippen LogP) is 5.26. The van der Waals surface area contributed by atoms with Crippen molar-refractivity contribution in [1.29, 1.82) is 0 Å². The molecular weight excluding hydrogens is 426 g/mol. The first kappa shape index (κ1) is 23.2. The summed E-state index contributed by atoms with van der Waals surface area (Å²) in [5.74, 6) is -1.81. The molecule has 0 aromatic heterocycles. The third-order valence-electron chi connectivity index (χ3n) is 4.96. The monoisotopic (exact) mass is 449 g/mol. The van der Waals surface area contributed by atoms with Crippen LogP contribution in [-0.2, 0) is 9.53 Å². The maximum Gasteiger partial charge on any atom is 0.329 e. The third-order valence-corrected chi connectivity index (χ3v) is 5.29. The lowest BCUT2D eigenvalue weighted by molar-refractivity contribution is -0.150. The molecule has 0 saturated carbocycles. The Hall–Kier alpha value is -3.44. The van der Waals surface area contributed by atoms with Gasteiger partial charge in [0, 0.05) is 11.1 Å². The van der Waals surface area contributed by atoms with Gasteiger partial charge in [-0.1, -0.05) is 98.2 Å². The van der Waals surface area contributed by atoms with Gasteiger partial charge in [0.1, 0.15) is 6.04 Å². The van der Waals surface area contributed by atoms with E-state index in [2.05, 4.69) is 5.32 Å². The first-order valence-corrected chi connectivity index (χ1v) is 10.7. The highest BCUT2D eigenvalue weighted by atomic mass is 35.5. The number of hydrogen-bond donors (Lipinski definition) is 1. The Morgan fingerprint density at radius 2 is 1.38 bits per heavy atom. The van der Waals surface area contributed by atoms with Crippen LogP contribution in [0.5, 0.6) is 0 Å². The average Bonchev–Trinajstić information content (AvgIpc) is 2.81. The molecule has 1 N–H and O–H groups in total. The van der Waals surface area contributed by atoms with Crippen LogP contribution in [0.15, 0.2) is 84.9 Å². The molecule has 0 aliphatic heterocycles. The topological polar surface area (TPSA) is 72.5 Å². The van der Waals surface area contributed by atoms with Crippen LogP contribution in [0.25, 0.3) is 0 Å². The Kier molecular flexibility index (Phi) is 7.79. The van der Waals surface area contributed by atoms with E-state index < -0.39 is 24.0 Å². The fourth-order valence-electron chi connectivity index (χ4n) is 3.21. The number of carbonyl (C=O) groups excluding carboxylic acids is 3. The van der Waals surface area contributed by atoms with E-state index in [-0.39, 0.29) is 22.3 Å². The highest BCUT2D eigenvalue weighted by Crippen LogP contribution is 2.24. The van der Waals surface area contributed by atoms with Crippen LogP contribution in [0.1, 0.15) is 46.2 Å². The molecule has 0 fully saturated rings. The molecule has 0 heterocycles. The molecule has 164 valence electrons. The highest BCUT2D eigenvalue weighted by Gasteiger charge is 2.32. The Morgan fingerprint density at radius 3 is 1.97 bits per heavy atom. The van der Waals surface area contributed by atoms with Crippen molar-refractivity contribution in [3.8, 4) is 0 Å². The van der Waals surface area contributed by atoms with Gasteiger partial charge in [-0.25, -0.2) is 4.79 Å². The molecule has 0 radical (unpaired) electrons. The third kappa shape index (κ3) is 5.62. The first-order chi connectivity index (χ1) is 15.4. The smallest absolute Gasteiger partial charge is 0.329 e. The van der Waals surface area contributed by atoms with Gasteiger partial charge in [-0.15, -0.1) is 0 Å². The van der Waals surface area contributed by atoms with E-state index in [0.29, 0.717) is 11.1 Å². The van der Waals surface area contributed by atoms with Gasteiger partial charge in [0.05, 0.1) is 10.6 Å². The Balaban J connectivity index is 1.85. The minimum Gasteiger partial charge on any atom is -0.447 e. The maximum atomic E-state index is 13.2. The van der Waals surface area contributed by atoms with Gasteiger partial charge in [-0.2, -0.15) is 0 Å². The Bertz CT molecular complexity index is 1080. The lowest BCUT2D eigenvalue weighted by atomic mass is 9.99. The molecule has 2 atom stereocenters. The van der Waals surface area contributed by atoms with Crippen LogP contribution < -0.4 is 5.32 Å². The van der Waals surface area contributed by atoms with Crippen molar-refractivity contribution in [2.24, 2.45) is 5.92 Å². The van der Waals surface area contributed by atoms with Gasteiger partial charge in [-0.3, -0.25) is 9.59 Å². The number of ether oxygens (including phenoxy) is 1. The van der Waals surface area contributed by atoms with Crippen LogP contribution in [0.2, 0.25) is 5.02 Å². The summed E-state index contributed by atoms with van der Waals surface area (Å²) in [6, 6.07) is 23.1. The van der Waals surface area contributed by atoms with Crippen LogP contribution in [0.3, 0.4) is 0 Å². The van der Waals surface area contributed by atoms with E-state index in [1.54, 1.807) is 92.7 Å². The van der Waals surface area contributed by atoms with Gasteiger partial charge in [0.2, 0.25) is 5.78 Å². The fraction of sp³-hybridized carbons (Fsp3) is 0.192. The number of carbonyl (C=O) groups is 3. The summed E-state index contributed by atoms with van der Waals surface area (Å²) in [7, 11) is 0. The van der Waals surface area contributed by atoms with Crippen molar-refractivity contribution < 1.29 is 19.1 Å². The van der Waals surface area contributed by atoms with Crippen molar-refractivity contribution in [2.45, 2.75) is 26.0 Å². The van der Waals surface area contributed by atoms with Crippen molar-refractivity contribution in [1.82, 2.24) is 5.32 Å². The number of rotatable bonds is 8. The number of Topliss-reactive ketones (excluding diaryl/α,β-unsaturated/α-hetero) is 1. The zero-order chi connectivity index (χ0) is 23.1. The van der Waals surface area contributed by atoms with Crippen LogP contribution >= 0.6 is 11.6 Å². The van der Waals surface area contributed by atoms with Crippen molar-refractivity contribution in [2.75, 3.05) is 0 Å². The van der Waals surface area contributed by atoms with E-state index in [1.807, 2.05) is 6.07 Å². The largest absolute Gasteiger partial charge is 0.447 e. The fourth-order valence-corrected chi connectivity index (χ4v) is 3.43.